The van der Waals surface area contributed by atoms with E-state index in [4.69, 9.17) is 4.74 Å². The SMILES string of the molecule is CCCN(C)C1CCOCC1. The van der Waals surface area contributed by atoms with E-state index in [1.807, 2.05) is 0 Å². The summed E-state index contributed by atoms with van der Waals surface area (Å²) in [7, 11) is 2.22. The molecule has 0 saturated carbocycles. The molecule has 1 fully saturated rings. The minimum absolute atomic E-state index is 0.781. The monoisotopic (exact) mass is 157 g/mol. The predicted octanol–water partition coefficient (Wildman–Crippen LogP) is 1.51. The molecule has 2 nitrogen and oxygen atoms in total. The summed E-state index contributed by atoms with van der Waals surface area (Å²) < 4.78 is 5.30. The Morgan fingerprint density at radius 3 is 2.55 bits per heavy atom. The quantitative estimate of drug-likeness (QED) is 0.615. The Balaban J connectivity index is 2.21. The largest absolute Gasteiger partial charge is 0.381 e. The van der Waals surface area contributed by atoms with Gasteiger partial charge < -0.3 is 9.64 Å². The second-order valence-electron chi connectivity index (χ2n) is 3.32. The van der Waals surface area contributed by atoms with Gasteiger partial charge in [-0.1, -0.05) is 6.92 Å². The van der Waals surface area contributed by atoms with Crippen molar-refractivity contribution in [3.63, 3.8) is 0 Å². The van der Waals surface area contributed by atoms with Crippen LogP contribution in [0.4, 0.5) is 0 Å². The Morgan fingerprint density at radius 1 is 1.36 bits per heavy atom. The molecule has 0 aromatic carbocycles. The van der Waals surface area contributed by atoms with Gasteiger partial charge in [-0.05, 0) is 32.9 Å². The van der Waals surface area contributed by atoms with Gasteiger partial charge in [0.2, 0.25) is 0 Å². The minimum Gasteiger partial charge on any atom is -0.381 e. The first-order chi connectivity index (χ1) is 5.34. The maximum absolute atomic E-state index is 5.30. The highest BCUT2D eigenvalue weighted by molar-refractivity contribution is 4.71. The van der Waals surface area contributed by atoms with Crippen LogP contribution in [0.25, 0.3) is 0 Å². The standard InChI is InChI=1S/C9H19NO/c1-3-6-10(2)9-4-7-11-8-5-9/h9H,3-8H2,1-2H3. The lowest BCUT2D eigenvalue weighted by atomic mass is 10.1. The molecule has 0 spiro atoms. The summed E-state index contributed by atoms with van der Waals surface area (Å²) in [5, 5.41) is 0. The van der Waals surface area contributed by atoms with Gasteiger partial charge in [-0.2, -0.15) is 0 Å². The Bertz CT molecular complexity index is 99.7. The average molecular weight is 157 g/mol. The molecule has 0 radical (unpaired) electrons. The summed E-state index contributed by atoms with van der Waals surface area (Å²) in [6.07, 6.45) is 3.70. The van der Waals surface area contributed by atoms with E-state index in [2.05, 4.69) is 18.9 Å². The van der Waals surface area contributed by atoms with Gasteiger partial charge >= 0.3 is 0 Å². The van der Waals surface area contributed by atoms with Crippen molar-refractivity contribution in [2.24, 2.45) is 0 Å². The van der Waals surface area contributed by atoms with Crippen molar-refractivity contribution in [3.05, 3.63) is 0 Å². The van der Waals surface area contributed by atoms with Crippen LogP contribution in [0.3, 0.4) is 0 Å². The minimum atomic E-state index is 0.781. The van der Waals surface area contributed by atoms with E-state index in [1.165, 1.54) is 25.8 Å². The fraction of sp³-hybridized carbons (Fsp3) is 1.00. The number of nitrogens with zero attached hydrogens (tertiary/aromatic N) is 1. The average Bonchev–Trinajstić information content (AvgIpc) is 2.07. The van der Waals surface area contributed by atoms with E-state index in [0.29, 0.717) is 0 Å². The van der Waals surface area contributed by atoms with Crippen LogP contribution in [-0.2, 0) is 4.74 Å². The van der Waals surface area contributed by atoms with Crippen molar-refractivity contribution in [1.82, 2.24) is 4.90 Å². The molecule has 0 aromatic heterocycles. The highest BCUT2D eigenvalue weighted by atomic mass is 16.5. The maximum Gasteiger partial charge on any atom is 0.0480 e. The zero-order chi connectivity index (χ0) is 8.10. The molecule has 2 heteroatoms. The molecular formula is C9H19NO. The fourth-order valence-corrected chi connectivity index (χ4v) is 1.66. The lowest BCUT2D eigenvalue weighted by Gasteiger charge is -2.30. The normalized spacial score (nSPS) is 21.0. The van der Waals surface area contributed by atoms with Crippen molar-refractivity contribution in [2.45, 2.75) is 32.2 Å². The van der Waals surface area contributed by atoms with Gasteiger partial charge in [-0.15, -0.1) is 0 Å². The molecule has 1 saturated heterocycles. The van der Waals surface area contributed by atoms with Gasteiger partial charge in [-0.25, -0.2) is 0 Å². The Labute approximate surface area is 69.5 Å². The van der Waals surface area contributed by atoms with Gasteiger partial charge in [0, 0.05) is 19.3 Å². The molecule has 0 unspecified atom stereocenters. The van der Waals surface area contributed by atoms with Crippen LogP contribution in [0.2, 0.25) is 0 Å². The van der Waals surface area contributed by atoms with Crippen molar-refractivity contribution in [3.8, 4) is 0 Å². The number of hydrogen-bond donors (Lipinski definition) is 0. The highest BCUT2D eigenvalue weighted by Crippen LogP contribution is 2.12. The van der Waals surface area contributed by atoms with Crippen molar-refractivity contribution < 1.29 is 4.74 Å². The molecule has 0 amide bonds. The zero-order valence-corrected chi connectivity index (χ0v) is 7.68. The van der Waals surface area contributed by atoms with E-state index >= 15 is 0 Å². The first kappa shape index (κ1) is 9.01. The van der Waals surface area contributed by atoms with E-state index in [-0.39, 0.29) is 0 Å². The van der Waals surface area contributed by atoms with Crippen LogP contribution in [-0.4, -0.2) is 37.7 Å². The zero-order valence-electron chi connectivity index (χ0n) is 7.68. The molecule has 0 aromatic rings. The van der Waals surface area contributed by atoms with Crippen LogP contribution in [0.1, 0.15) is 26.2 Å². The molecular weight excluding hydrogens is 138 g/mol. The van der Waals surface area contributed by atoms with Gasteiger partial charge in [-0.3, -0.25) is 0 Å². The van der Waals surface area contributed by atoms with Crippen molar-refractivity contribution >= 4 is 0 Å². The van der Waals surface area contributed by atoms with Crippen LogP contribution in [0.15, 0.2) is 0 Å². The summed E-state index contributed by atoms with van der Waals surface area (Å²) in [4.78, 5) is 2.46. The summed E-state index contributed by atoms with van der Waals surface area (Å²) in [6, 6.07) is 0.781. The summed E-state index contributed by atoms with van der Waals surface area (Å²) in [6.45, 7) is 5.37. The molecule has 1 heterocycles. The summed E-state index contributed by atoms with van der Waals surface area (Å²) in [5.41, 5.74) is 0. The van der Waals surface area contributed by atoms with Crippen molar-refractivity contribution in [2.75, 3.05) is 26.8 Å². The smallest absolute Gasteiger partial charge is 0.0480 e. The number of rotatable bonds is 3. The van der Waals surface area contributed by atoms with Crippen LogP contribution in [0.5, 0.6) is 0 Å². The topological polar surface area (TPSA) is 12.5 Å². The first-order valence-electron chi connectivity index (χ1n) is 4.62. The fourth-order valence-electron chi connectivity index (χ4n) is 1.66. The molecule has 0 aliphatic carbocycles. The molecule has 66 valence electrons. The molecule has 11 heavy (non-hydrogen) atoms. The van der Waals surface area contributed by atoms with Crippen LogP contribution >= 0.6 is 0 Å². The van der Waals surface area contributed by atoms with Crippen LogP contribution in [0, 0.1) is 0 Å². The van der Waals surface area contributed by atoms with E-state index < -0.39 is 0 Å². The van der Waals surface area contributed by atoms with Gasteiger partial charge in [0.25, 0.3) is 0 Å². The molecule has 1 rings (SSSR count). The number of hydrogen-bond acceptors (Lipinski definition) is 2. The Kier molecular flexibility index (Phi) is 3.87. The van der Waals surface area contributed by atoms with E-state index in [0.717, 1.165) is 19.3 Å². The molecule has 0 bridgehead atoms. The Morgan fingerprint density at radius 2 is 2.00 bits per heavy atom. The van der Waals surface area contributed by atoms with Gasteiger partial charge in [0.05, 0.1) is 0 Å². The third-order valence-electron chi connectivity index (χ3n) is 2.39. The predicted molar refractivity (Wildman–Crippen MR) is 46.8 cm³/mol. The lowest BCUT2D eigenvalue weighted by Crippen LogP contribution is -2.36. The third-order valence-corrected chi connectivity index (χ3v) is 2.39. The first-order valence-corrected chi connectivity index (χ1v) is 4.62. The Hall–Kier alpha value is -0.0800. The summed E-state index contributed by atoms with van der Waals surface area (Å²) in [5.74, 6) is 0. The number of ether oxygens (including phenoxy) is 1. The second-order valence-corrected chi connectivity index (χ2v) is 3.32. The van der Waals surface area contributed by atoms with Crippen LogP contribution < -0.4 is 0 Å². The molecule has 0 N–H and O–H groups in total. The second kappa shape index (κ2) is 4.73. The molecule has 1 aliphatic heterocycles. The lowest BCUT2D eigenvalue weighted by molar-refractivity contribution is 0.0431. The van der Waals surface area contributed by atoms with Crippen molar-refractivity contribution in [1.29, 1.82) is 0 Å². The third kappa shape index (κ3) is 2.80. The summed E-state index contributed by atoms with van der Waals surface area (Å²) >= 11 is 0. The molecule has 0 atom stereocenters. The maximum atomic E-state index is 5.30. The highest BCUT2D eigenvalue weighted by Gasteiger charge is 2.16. The van der Waals surface area contributed by atoms with E-state index in [1.54, 1.807) is 0 Å². The van der Waals surface area contributed by atoms with Gasteiger partial charge in [0.1, 0.15) is 0 Å². The van der Waals surface area contributed by atoms with E-state index in [9.17, 15) is 0 Å². The van der Waals surface area contributed by atoms with Gasteiger partial charge in [0.15, 0.2) is 0 Å². The molecule has 1 aliphatic rings.